The third kappa shape index (κ3) is 43.9. The van der Waals surface area contributed by atoms with Gasteiger partial charge in [0, 0.05) is 12.8 Å². The van der Waals surface area contributed by atoms with Crippen molar-refractivity contribution in [2.24, 2.45) is 0 Å². The highest BCUT2D eigenvalue weighted by Crippen LogP contribution is 2.43. The van der Waals surface area contributed by atoms with Crippen LogP contribution in [0.1, 0.15) is 149 Å². The van der Waals surface area contributed by atoms with Gasteiger partial charge in [0.05, 0.1) is 25.9 Å². The molecule has 0 aliphatic carbocycles. The van der Waals surface area contributed by atoms with E-state index in [2.05, 4.69) is 77.6 Å². The van der Waals surface area contributed by atoms with Crippen LogP contribution in [0.5, 0.6) is 0 Å². The Bertz CT molecular complexity index is 1430. The summed E-state index contributed by atoms with van der Waals surface area (Å²) in [6, 6.07) is 0. The summed E-state index contributed by atoms with van der Waals surface area (Å²) in [6.45, 7) is 1.41. The van der Waals surface area contributed by atoms with Crippen LogP contribution in [-0.2, 0) is 41.8 Å². The SMILES string of the molecule is CCCCCCCC/C=C\C/C=C\C/C=C\CCCC(=O)O[C@H](COC(=O)CCC/C=C\C/C=C\C/C=C\C/C=C\CC(O)CCC)COP(=O)(O)OC[C@@H](O)COP(=O)(O)O. The number of unbranched alkanes of at least 4 members (excludes halogenated alkanes) is 8. The standard InChI is InChI=1S/C46H78O14P2/c1-3-5-6-7-8-9-10-11-12-13-14-17-21-24-27-30-33-37-46(50)60-44(41-59-62(54,55)58-39-43(48)38-57-61(51,52)53)40-56-45(49)36-32-29-26-23-20-18-15-16-19-22-25-28-31-35-42(47)34-4-2/h11-12,14-15,17-19,22-24,26-28,31,42-44,47-48H,3-10,13,16,20-21,25,29-30,32-41H2,1-2H3,(H,54,55)(H2,51,52,53)/b12-11-,17-14-,18-15-,22-19-,26-23-,27-24-,31-28-/t42?,43-,44+/m0/s1. The Hall–Kier alpha value is -2.74. The molecule has 0 fully saturated rings. The van der Waals surface area contributed by atoms with Crippen LogP contribution < -0.4 is 0 Å². The Morgan fingerprint density at radius 2 is 0.952 bits per heavy atom. The lowest BCUT2D eigenvalue weighted by molar-refractivity contribution is -0.161. The van der Waals surface area contributed by atoms with E-state index < -0.39 is 66.2 Å². The van der Waals surface area contributed by atoms with Crippen LogP contribution in [0.25, 0.3) is 0 Å². The molecule has 356 valence electrons. The number of allylic oxidation sites excluding steroid dienone is 13. The van der Waals surface area contributed by atoms with Gasteiger partial charge in [-0.25, -0.2) is 9.13 Å². The fraction of sp³-hybridized carbons (Fsp3) is 0.652. The average molecular weight is 917 g/mol. The summed E-state index contributed by atoms with van der Waals surface area (Å²) < 4.78 is 47.6. The van der Waals surface area contributed by atoms with E-state index in [0.29, 0.717) is 32.1 Å². The van der Waals surface area contributed by atoms with E-state index in [1.54, 1.807) is 0 Å². The van der Waals surface area contributed by atoms with E-state index in [0.717, 1.165) is 51.4 Å². The third-order valence-electron chi connectivity index (χ3n) is 8.80. The highest BCUT2D eigenvalue weighted by Gasteiger charge is 2.28. The summed E-state index contributed by atoms with van der Waals surface area (Å²) in [6.07, 6.45) is 43.7. The number of phosphoric acid groups is 2. The van der Waals surface area contributed by atoms with E-state index in [4.69, 9.17) is 23.8 Å². The van der Waals surface area contributed by atoms with Gasteiger partial charge in [0.1, 0.15) is 12.7 Å². The van der Waals surface area contributed by atoms with E-state index in [-0.39, 0.29) is 18.9 Å². The Balaban J connectivity index is 4.71. The van der Waals surface area contributed by atoms with Gasteiger partial charge < -0.3 is 34.4 Å². The molecule has 0 amide bonds. The van der Waals surface area contributed by atoms with Crippen molar-refractivity contribution >= 4 is 27.6 Å². The zero-order chi connectivity index (χ0) is 46.0. The normalized spacial score (nSPS) is 15.3. The molecule has 16 heteroatoms. The van der Waals surface area contributed by atoms with E-state index >= 15 is 0 Å². The molecule has 0 spiro atoms. The van der Waals surface area contributed by atoms with Crippen molar-refractivity contribution in [3.63, 3.8) is 0 Å². The molecule has 0 aromatic rings. The van der Waals surface area contributed by atoms with E-state index in [9.17, 15) is 33.8 Å². The van der Waals surface area contributed by atoms with Gasteiger partial charge in [0.15, 0.2) is 6.10 Å². The van der Waals surface area contributed by atoms with Crippen molar-refractivity contribution in [1.29, 1.82) is 0 Å². The van der Waals surface area contributed by atoms with Gasteiger partial charge in [0.25, 0.3) is 0 Å². The first-order valence-electron chi connectivity index (χ1n) is 22.4. The minimum Gasteiger partial charge on any atom is -0.462 e. The number of hydrogen-bond donors (Lipinski definition) is 5. The second kappa shape index (κ2) is 41.0. The van der Waals surface area contributed by atoms with Crippen molar-refractivity contribution < 1.29 is 66.7 Å². The molecular weight excluding hydrogens is 838 g/mol. The Labute approximate surface area is 371 Å². The molecule has 0 heterocycles. The Kier molecular flexibility index (Phi) is 39.2. The first-order valence-corrected chi connectivity index (χ1v) is 25.4. The maximum absolute atomic E-state index is 12.6. The number of phosphoric ester groups is 2. The molecule has 0 saturated carbocycles. The van der Waals surface area contributed by atoms with Crippen molar-refractivity contribution in [3.8, 4) is 0 Å². The number of aliphatic hydroxyl groups is 2. The van der Waals surface area contributed by atoms with Crippen molar-refractivity contribution in [2.45, 2.75) is 167 Å². The monoisotopic (exact) mass is 916 g/mol. The predicted molar refractivity (Wildman–Crippen MR) is 245 cm³/mol. The van der Waals surface area contributed by atoms with Gasteiger partial charge in [-0.1, -0.05) is 137 Å². The van der Waals surface area contributed by atoms with E-state index in [1.807, 2.05) is 30.4 Å². The van der Waals surface area contributed by atoms with Gasteiger partial charge in [-0.3, -0.25) is 23.2 Å². The lowest BCUT2D eigenvalue weighted by atomic mass is 10.1. The summed E-state index contributed by atoms with van der Waals surface area (Å²) in [5.74, 6) is -1.19. The average Bonchev–Trinajstić information content (AvgIpc) is 3.22. The predicted octanol–water partition coefficient (Wildman–Crippen LogP) is 10.5. The number of aliphatic hydroxyl groups excluding tert-OH is 2. The molecule has 0 aliphatic heterocycles. The minimum atomic E-state index is -4.88. The summed E-state index contributed by atoms with van der Waals surface area (Å²) in [5, 5.41) is 19.5. The number of ether oxygens (including phenoxy) is 2. The number of esters is 2. The molecule has 4 atom stereocenters. The van der Waals surface area contributed by atoms with Crippen LogP contribution in [0.15, 0.2) is 85.1 Å². The first-order chi connectivity index (χ1) is 29.8. The van der Waals surface area contributed by atoms with Gasteiger partial charge in [-0.15, -0.1) is 0 Å². The topological polar surface area (TPSA) is 216 Å². The fourth-order valence-corrected chi connectivity index (χ4v) is 6.59. The molecule has 0 aromatic carbocycles. The smallest absolute Gasteiger partial charge is 0.462 e. The number of rotatable bonds is 41. The lowest BCUT2D eigenvalue weighted by Crippen LogP contribution is -2.29. The molecule has 2 unspecified atom stereocenters. The van der Waals surface area contributed by atoms with Gasteiger partial charge in [-0.2, -0.15) is 0 Å². The zero-order valence-corrected chi connectivity index (χ0v) is 39.1. The summed E-state index contributed by atoms with van der Waals surface area (Å²) in [5.41, 5.74) is 0. The Morgan fingerprint density at radius 1 is 0.500 bits per heavy atom. The van der Waals surface area contributed by atoms with Crippen LogP contribution >= 0.6 is 15.6 Å². The zero-order valence-electron chi connectivity index (χ0n) is 37.3. The minimum absolute atomic E-state index is 0.0363. The van der Waals surface area contributed by atoms with Crippen LogP contribution in [0, 0.1) is 0 Å². The Morgan fingerprint density at radius 3 is 1.48 bits per heavy atom. The number of carbonyl (C=O) groups is 2. The van der Waals surface area contributed by atoms with Crippen LogP contribution in [0.3, 0.4) is 0 Å². The second-order valence-electron chi connectivity index (χ2n) is 14.8. The van der Waals surface area contributed by atoms with Crippen molar-refractivity contribution in [1.82, 2.24) is 0 Å². The van der Waals surface area contributed by atoms with Crippen LogP contribution in [0.2, 0.25) is 0 Å². The second-order valence-corrected chi connectivity index (χ2v) is 17.5. The first kappa shape index (κ1) is 59.3. The molecule has 0 saturated heterocycles. The quantitative estimate of drug-likeness (QED) is 0.0167. The molecule has 14 nitrogen and oxygen atoms in total. The molecule has 0 aromatic heterocycles. The number of carbonyl (C=O) groups excluding carboxylic acids is 2. The summed E-state index contributed by atoms with van der Waals surface area (Å²) >= 11 is 0. The lowest BCUT2D eigenvalue weighted by Gasteiger charge is -2.20. The molecule has 0 bridgehead atoms. The largest absolute Gasteiger partial charge is 0.472 e. The summed E-state index contributed by atoms with van der Waals surface area (Å²) in [7, 11) is -9.73. The van der Waals surface area contributed by atoms with E-state index in [1.165, 1.54) is 38.5 Å². The highest BCUT2D eigenvalue weighted by molar-refractivity contribution is 7.47. The highest BCUT2D eigenvalue weighted by atomic mass is 31.2. The molecule has 0 aliphatic rings. The third-order valence-corrected chi connectivity index (χ3v) is 10.2. The van der Waals surface area contributed by atoms with Crippen molar-refractivity contribution in [2.75, 3.05) is 26.4 Å². The molecular formula is C46H78O14P2. The van der Waals surface area contributed by atoms with Crippen LogP contribution in [-0.4, -0.2) is 81.6 Å². The fourth-order valence-electron chi connectivity index (χ4n) is 5.43. The molecule has 5 N–H and O–H groups in total. The molecule has 62 heavy (non-hydrogen) atoms. The number of hydrogen-bond acceptors (Lipinski definition) is 11. The van der Waals surface area contributed by atoms with Gasteiger partial charge in [0.2, 0.25) is 0 Å². The van der Waals surface area contributed by atoms with Gasteiger partial charge in [-0.05, 0) is 83.5 Å². The van der Waals surface area contributed by atoms with Crippen LogP contribution in [0.4, 0.5) is 0 Å². The molecule has 0 radical (unpaired) electrons. The maximum atomic E-state index is 12.6. The van der Waals surface area contributed by atoms with Crippen molar-refractivity contribution in [3.05, 3.63) is 85.1 Å². The van der Waals surface area contributed by atoms with Gasteiger partial charge >= 0.3 is 27.6 Å². The molecule has 0 rings (SSSR count). The summed E-state index contributed by atoms with van der Waals surface area (Å²) in [4.78, 5) is 52.7. The maximum Gasteiger partial charge on any atom is 0.472 e.